The number of nitrogens with one attached hydrogen (secondary N) is 1. The number of aromatic nitrogens is 1. The lowest BCUT2D eigenvalue weighted by Crippen LogP contribution is -2.26. The summed E-state index contributed by atoms with van der Waals surface area (Å²) in [6.07, 6.45) is 6.91. The Hall–Kier alpha value is -1.86. The van der Waals surface area contributed by atoms with Crippen molar-refractivity contribution in [1.29, 1.82) is 0 Å². The van der Waals surface area contributed by atoms with Gasteiger partial charge in [0, 0.05) is 19.2 Å². The molecular formula is C16H20N2O2. The van der Waals surface area contributed by atoms with Crippen LogP contribution >= 0.6 is 0 Å². The third-order valence-corrected chi connectivity index (χ3v) is 3.25. The highest BCUT2D eigenvalue weighted by atomic mass is 16.2. The second kappa shape index (κ2) is 7.66. The Morgan fingerprint density at radius 2 is 2.35 bits per heavy atom. The molecule has 4 heteroatoms. The number of aliphatic hydroxyl groups excluding tert-OH is 1. The Labute approximate surface area is 119 Å². The number of pyridine rings is 1. The number of carbonyl (C=O) groups is 1. The van der Waals surface area contributed by atoms with Gasteiger partial charge in [0.1, 0.15) is 5.69 Å². The average molecular weight is 272 g/mol. The van der Waals surface area contributed by atoms with E-state index in [-0.39, 0.29) is 12.5 Å². The minimum Gasteiger partial charge on any atom is -0.395 e. The van der Waals surface area contributed by atoms with E-state index >= 15 is 0 Å². The lowest BCUT2D eigenvalue weighted by molar-refractivity contribution is 0.0947. The van der Waals surface area contributed by atoms with Crippen LogP contribution in [0.4, 0.5) is 0 Å². The Bertz CT molecular complexity index is 513. The maximum Gasteiger partial charge on any atom is 0.271 e. The van der Waals surface area contributed by atoms with Crippen LogP contribution in [-0.2, 0) is 0 Å². The van der Waals surface area contributed by atoms with Crippen LogP contribution in [0.15, 0.2) is 18.3 Å². The number of nitrogens with zero attached hydrogens (tertiary/aromatic N) is 1. The number of carbonyl (C=O) groups excluding carboxylic acids is 1. The standard InChI is InChI=1S/C16H20N2O2/c19-12-2-1-6-14-7-4-10-17-15(14)16(20)18-11-3-5-13-8-9-13/h4,7,10,13,19H,2-3,5,8-9,11-12H2,(H,18,20). The van der Waals surface area contributed by atoms with Gasteiger partial charge in [0.2, 0.25) is 0 Å². The van der Waals surface area contributed by atoms with Crippen molar-refractivity contribution in [3.8, 4) is 11.8 Å². The van der Waals surface area contributed by atoms with Crippen molar-refractivity contribution in [2.24, 2.45) is 5.92 Å². The molecule has 4 nitrogen and oxygen atoms in total. The van der Waals surface area contributed by atoms with Gasteiger partial charge in [0.05, 0.1) is 12.2 Å². The molecule has 0 aromatic carbocycles. The molecule has 106 valence electrons. The molecule has 20 heavy (non-hydrogen) atoms. The van der Waals surface area contributed by atoms with E-state index in [2.05, 4.69) is 22.1 Å². The van der Waals surface area contributed by atoms with Crippen LogP contribution in [0, 0.1) is 17.8 Å². The van der Waals surface area contributed by atoms with Gasteiger partial charge < -0.3 is 10.4 Å². The maximum atomic E-state index is 12.1. The monoisotopic (exact) mass is 272 g/mol. The van der Waals surface area contributed by atoms with E-state index in [1.165, 1.54) is 19.3 Å². The minimum atomic E-state index is -0.172. The van der Waals surface area contributed by atoms with E-state index in [4.69, 9.17) is 5.11 Å². The van der Waals surface area contributed by atoms with Gasteiger partial charge in [0.25, 0.3) is 5.91 Å². The zero-order chi connectivity index (χ0) is 14.2. The molecule has 0 radical (unpaired) electrons. The van der Waals surface area contributed by atoms with Gasteiger partial charge in [-0.05, 0) is 30.9 Å². The highest BCUT2D eigenvalue weighted by molar-refractivity contribution is 5.94. The van der Waals surface area contributed by atoms with Gasteiger partial charge in [-0.1, -0.05) is 24.7 Å². The van der Waals surface area contributed by atoms with E-state index in [1.807, 2.05) is 0 Å². The molecule has 0 bridgehead atoms. The van der Waals surface area contributed by atoms with Crippen molar-refractivity contribution < 1.29 is 9.90 Å². The van der Waals surface area contributed by atoms with E-state index in [9.17, 15) is 4.79 Å². The van der Waals surface area contributed by atoms with Crippen LogP contribution in [0.5, 0.6) is 0 Å². The van der Waals surface area contributed by atoms with Crippen LogP contribution < -0.4 is 5.32 Å². The second-order valence-electron chi connectivity index (χ2n) is 5.02. The third kappa shape index (κ3) is 4.67. The molecule has 0 aliphatic heterocycles. The quantitative estimate of drug-likeness (QED) is 0.612. The molecule has 0 spiro atoms. The van der Waals surface area contributed by atoms with Crippen LogP contribution in [0.2, 0.25) is 0 Å². The van der Waals surface area contributed by atoms with E-state index in [0.717, 1.165) is 12.3 Å². The smallest absolute Gasteiger partial charge is 0.271 e. The fraction of sp³-hybridized carbons (Fsp3) is 0.500. The predicted octanol–water partition coefficient (Wildman–Crippen LogP) is 1.74. The molecule has 2 N–H and O–H groups in total. The molecule has 2 rings (SSSR count). The summed E-state index contributed by atoms with van der Waals surface area (Å²) in [6.45, 7) is 0.714. The molecule has 0 atom stereocenters. The number of amides is 1. The Balaban J connectivity index is 1.89. The van der Waals surface area contributed by atoms with Crippen LogP contribution in [-0.4, -0.2) is 29.1 Å². The van der Waals surface area contributed by atoms with Gasteiger partial charge in [-0.25, -0.2) is 4.98 Å². The zero-order valence-electron chi connectivity index (χ0n) is 11.6. The first-order valence-corrected chi connectivity index (χ1v) is 7.14. The number of hydrogen-bond donors (Lipinski definition) is 2. The summed E-state index contributed by atoms with van der Waals surface area (Å²) >= 11 is 0. The van der Waals surface area contributed by atoms with Crippen molar-refractivity contribution in [1.82, 2.24) is 10.3 Å². The summed E-state index contributed by atoms with van der Waals surface area (Å²) in [7, 11) is 0. The first-order valence-electron chi connectivity index (χ1n) is 7.14. The summed E-state index contributed by atoms with van der Waals surface area (Å²) < 4.78 is 0. The summed E-state index contributed by atoms with van der Waals surface area (Å²) in [5, 5.41) is 11.6. The van der Waals surface area contributed by atoms with E-state index in [0.29, 0.717) is 24.2 Å². The van der Waals surface area contributed by atoms with Crippen molar-refractivity contribution in [2.75, 3.05) is 13.2 Å². The van der Waals surface area contributed by atoms with Crippen molar-refractivity contribution in [3.05, 3.63) is 29.6 Å². The Kier molecular flexibility index (Phi) is 5.57. The summed E-state index contributed by atoms with van der Waals surface area (Å²) in [6, 6.07) is 3.53. The molecule has 1 saturated carbocycles. The maximum absolute atomic E-state index is 12.1. The van der Waals surface area contributed by atoms with E-state index in [1.54, 1.807) is 18.3 Å². The molecular weight excluding hydrogens is 252 g/mol. The summed E-state index contributed by atoms with van der Waals surface area (Å²) in [5.74, 6) is 6.42. The van der Waals surface area contributed by atoms with Gasteiger partial charge in [0.15, 0.2) is 0 Å². The van der Waals surface area contributed by atoms with Crippen molar-refractivity contribution >= 4 is 5.91 Å². The molecule has 1 amide bonds. The van der Waals surface area contributed by atoms with Crippen molar-refractivity contribution in [2.45, 2.75) is 32.1 Å². The predicted molar refractivity (Wildman–Crippen MR) is 77.1 cm³/mol. The lowest BCUT2D eigenvalue weighted by atomic mass is 10.1. The highest BCUT2D eigenvalue weighted by Gasteiger charge is 2.20. The zero-order valence-corrected chi connectivity index (χ0v) is 11.6. The fourth-order valence-corrected chi connectivity index (χ4v) is 1.98. The largest absolute Gasteiger partial charge is 0.395 e. The van der Waals surface area contributed by atoms with Crippen LogP contribution in [0.25, 0.3) is 0 Å². The second-order valence-corrected chi connectivity index (χ2v) is 5.02. The molecule has 1 fully saturated rings. The van der Waals surface area contributed by atoms with E-state index < -0.39 is 0 Å². The Morgan fingerprint density at radius 3 is 3.10 bits per heavy atom. The van der Waals surface area contributed by atoms with Gasteiger partial charge in [-0.15, -0.1) is 0 Å². The van der Waals surface area contributed by atoms with Gasteiger partial charge >= 0.3 is 0 Å². The fourth-order valence-electron chi connectivity index (χ4n) is 1.98. The molecule has 0 saturated heterocycles. The topological polar surface area (TPSA) is 62.2 Å². The molecule has 1 aliphatic carbocycles. The average Bonchev–Trinajstić information content (AvgIpc) is 3.28. The number of aliphatic hydroxyl groups is 1. The SMILES string of the molecule is O=C(NCCCC1CC1)c1ncccc1C#CCCO. The van der Waals surface area contributed by atoms with Crippen LogP contribution in [0.1, 0.15) is 48.2 Å². The molecule has 1 aromatic rings. The van der Waals surface area contributed by atoms with Gasteiger partial charge in [-0.3, -0.25) is 4.79 Å². The first-order chi connectivity index (χ1) is 9.81. The van der Waals surface area contributed by atoms with Gasteiger partial charge in [-0.2, -0.15) is 0 Å². The lowest BCUT2D eigenvalue weighted by Gasteiger charge is -2.05. The summed E-state index contributed by atoms with van der Waals surface area (Å²) in [4.78, 5) is 16.2. The first kappa shape index (κ1) is 14.5. The molecule has 1 aromatic heterocycles. The number of rotatable bonds is 6. The number of hydrogen-bond acceptors (Lipinski definition) is 3. The Morgan fingerprint density at radius 1 is 1.50 bits per heavy atom. The summed E-state index contributed by atoms with van der Waals surface area (Å²) in [5.41, 5.74) is 0.977. The highest BCUT2D eigenvalue weighted by Crippen LogP contribution is 2.33. The van der Waals surface area contributed by atoms with Crippen LogP contribution in [0.3, 0.4) is 0 Å². The van der Waals surface area contributed by atoms with Crippen molar-refractivity contribution in [3.63, 3.8) is 0 Å². The normalized spacial score (nSPS) is 13.4. The molecule has 1 heterocycles. The minimum absolute atomic E-state index is 0.0238. The molecule has 1 aliphatic rings. The third-order valence-electron chi connectivity index (χ3n) is 3.25. The molecule has 0 unspecified atom stereocenters.